The molecule has 0 radical (unpaired) electrons. The molecule has 1 aromatic carbocycles. The van der Waals surface area contributed by atoms with Crippen LogP contribution in [0.5, 0.6) is 5.75 Å². The number of methoxy groups -OCH3 is 1. The van der Waals surface area contributed by atoms with Gasteiger partial charge in [-0.1, -0.05) is 18.9 Å². The number of amides is 2. The van der Waals surface area contributed by atoms with E-state index in [4.69, 9.17) is 9.47 Å². The third-order valence-electron chi connectivity index (χ3n) is 3.62. The summed E-state index contributed by atoms with van der Waals surface area (Å²) in [6, 6.07) is 5.87. The van der Waals surface area contributed by atoms with E-state index in [1.807, 2.05) is 25.1 Å². The highest BCUT2D eigenvalue weighted by molar-refractivity contribution is 5.91. The molecule has 0 aliphatic heterocycles. The van der Waals surface area contributed by atoms with Crippen LogP contribution in [-0.4, -0.2) is 32.4 Å². The summed E-state index contributed by atoms with van der Waals surface area (Å²) < 4.78 is 10.6. The molecule has 5 nitrogen and oxygen atoms in total. The normalized spacial score (nSPS) is 15.0. The molecule has 1 aliphatic carbocycles. The lowest BCUT2D eigenvalue weighted by Gasteiger charge is -2.16. The molecular formula is C16H24N2O3. The number of benzene rings is 1. The van der Waals surface area contributed by atoms with Crippen LogP contribution in [0.15, 0.2) is 18.2 Å². The van der Waals surface area contributed by atoms with Gasteiger partial charge in [0.1, 0.15) is 12.4 Å². The van der Waals surface area contributed by atoms with E-state index in [-0.39, 0.29) is 6.03 Å². The third-order valence-corrected chi connectivity index (χ3v) is 3.62. The number of anilines is 1. The van der Waals surface area contributed by atoms with Crippen LogP contribution in [0.25, 0.3) is 0 Å². The third kappa shape index (κ3) is 4.93. The number of urea groups is 1. The first kappa shape index (κ1) is 15.6. The molecule has 1 fully saturated rings. The lowest BCUT2D eigenvalue weighted by Crippen LogP contribution is -2.36. The van der Waals surface area contributed by atoms with Crippen molar-refractivity contribution in [3.8, 4) is 5.75 Å². The molecule has 21 heavy (non-hydrogen) atoms. The molecule has 0 saturated heterocycles. The molecule has 0 spiro atoms. The van der Waals surface area contributed by atoms with Crippen LogP contribution < -0.4 is 15.4 Å². The van der Waals surface area contributed by atoms with E-state index in [1.165, 1.54) is 12.8 Å². The molecule has 2 rings (SSSR count). The molecule has 2 amide bonds. The van der Waals surface area contributed by atoms with E-state index in [1.54, 1.807) is 7.11 Å². The van der Waals surface area contributed by atoms with Crippen LogP contribution in [0.4, 0.5) is 10.5 Å². The van der Waals surface area contributed by atoms with Gasteiger partial charge in [0.15, 0.2) is 0 Å². The fraction of sp³-hybridized carbons (Fsp3) is 0.562. The molecule has 1 aromatic rings. The van der Waals surface area contributed by atoms with E-state index in [2.05, 4.69) is 10.6 Å². The first-order valence-electron chi connectivity index (χ1n) is 7.49. The molecule has 0 heterocycles. The first-order valence-corrected chi connectivity index (χ1v) is 7.49. The second-order valence-electron chi connectivity index (χ2n) is 5.42. The van der Waals surface area contributed by atoms with E-state index >= 15 is 0 Å². The maximum atomic E-state index is 12.0. The summed E-state index contributed by atoms with van der Waals surface area (Å²) in [5.74, 6) is 0.675. The van der Waals surface area contributed by atoms with Crippen LogP contribution in [0.3, 0.4) is 0 Å². The highest BCUT2D eigenvalue weighted by atomic mass is 16.5. The van der Waals surface area contributed by atoms with Crippen LogP contribution in [-0.2, 0) is 4.74 Å². The van der Waals surface area contributed by atoms with E-state index in [9.17, 15) is 4.79 Å². The fourth-order valence-electron chi connectivity index (χ4n) is 2.50. The summed E-state index contributed by atoms with van der Waals surface area (Å²) in [6.45, 7) is 2.96. The Morgan fingerprint density at radius 1 is 1.29 bits per heavy atom. The molecule has 116 valence electrons. The largest absolute Gasteiger partial charge is 0.489 e. The smallest absolute Gasteiger partial charge is 0.319 e. The molecular weight excluding hydrogens is 268 g/mol. The summed E-state index contributed by atoms with van der Waals surface area (Å²) in [4.78, 5) is 12.0. The molecule has 0 aromatic heterocycles. The van der Waals surface area contributed by atoms with Gasteiger partial charge in [-0.05, 0) is 37.5 Å². The zero-order valence-electron chi connectivity index (χ0n) is 12.8. The van der Waals surface area contributed by atoms with Crippen molar-refractivity contribution >= 4 is 11.7 Å². The van der Waals surface area contributed by atoms with Gasteiger partial charge in [0.2, 0.25) is 0 Å². The van der Waals surface area contributed by atoms with Gasteiger partial charge in [-0.2, -0.15) is 0 Å². The summed E-state index contributed by atoms with van der Waals surface area (Å²) in [7, 11) is 1.63. The highest BCUT2D eigenvalue weighted by Gasteiger charge is 2.17. The second-order valence-corrected chi connectivity index (χ2v) is 5.42. The number of carbonyl (C=O) groups excluding carboxylic acids is 1. The summed E-state index contributed by atoms with van der Waals surface area (Å²) in [5, 5.41) is 5.88. The van der Waals surface area contributed by atoms with E-state index in [0.717, 1.165) is 18.4 Å². The van der Waals surface area contributed by atoms with Gasteiger partial charge in [-0.25, -0.2) is 4.79 Å². The van der Waals surface area contributed by atoms with Crippen LogP contribution in [0.2, 0.25) is 0 Å². The average Bonchev–Trinajstić information content (AvgIpc) is 2.95. The summed E-state index contributed by atoms with van der Waals surface area (Å²) >= 11 is 0. The lowest BCUT2D eigenvalue weighted by molar-refractivity contribution is 0.146. The predicted octanol–water partition coefficient (Wildman–Crippen LogP) is 3.08. The number of ether oxygens (including phenoxy) is 2. The molecule has 5 heteroatoms. The Morgan fingerprint density at radius 2 is 2.05 bits per heavy atom. The molecule has 2 N–H and O–H groups in total. The first-order chi connectivity index (χ1) is 10.2. The minimum atomic E-state index is -0.164. The number of hydrogen-bond donors (Lipinski definition) is 2. The molecule has 0 bridgehead atoms. The van der Waals surface area contributed by atoms with Crippen LogP contribution in [0.1, 0.15) is 31.2 Å². The second kappa shape index (κ2) is 7.88. The standard InChI is InChI=1S/C16H24N2O3/c1-12-7-8-14(15(11-12)21-10-9-20-2)18-16(19)17-13-5-3-4-6-13/h7-8,11,13H,3-6,9-10H2,1-2H3,(H2,17,18,19). The van der Waals surface area contributed by atoms with Gasteiger partial charge in [0.05, 0.1) is 12.3 Å². The van der Waals surface area contributed by atoms with E-state index in [0.29, 0.717) is 30.7 Å². The minimum absolute atomic E-state index is 0.164. The predicted molar refractivity (Wildman–Crippen MR) is 83.0 cm³/mol. The monoisotopic (exact) mass is 292 g/mol. The SMILES string of the molecule is COCCOc1cc(C)ccc1NC(=O)NC1CCCC1. The number of rotatable bonds is 6. The van der Waals surface area contributed by atoms with Crippen molar-refractivity contribution in [3.63, 3.8) is 0 Å². The highest BCUT2D eigenvalue weighted by Crippen LogP contribution is 2.26. The fourth-order valence-corrected chi connectivity index (χ4v) is 2.50. The van der Waals surface area contributed by atoms with Gasteiger partial charge >= 0.3 is 6.03 Å². The van der Waals surface area contributed by atoms with Gasteiger partial charge in [-0.15, -0.1) is 0 Å². The number of carbonyl (C=O) groups is 1. The Labute approximate surface area is 126 Å². The van der Waals surface area contributed by atoms with Crippen LogP contribution >= 0.6 is 0 Å². The van der Waals surface area contributed by atoms with Crippen molar-refractivity contribution in [1.82, 2.24) is 5.32 Å². The van der Waals surface area contributed by atoms with Gasteiger partial charge < -0.3 is 20.1 Å². The maximum absolute atomic E-state index is 12.0. The number of hydrogen-bond acceptors (Lipinski definition) is 3. The van der Waals surface area contributed by atoms with Gasteiger partial charge in [0, 0.05) is 13.2 Å². The number of aryl methyl sites for hydroxylation is 1. The van der Waals surface area contributed by atoms with E-state index < -0.39 is 0 Å². The summed E-state index contributed by atoms with van der Waals surface area (Å²) in [6.07, 6.45) is 4.53. The quantitative estimate of drug-likeness (QED) is 0.792. The van der Waals surface area contributed by atoms with Gasteiger partial charge in [-0.3, -0.25) is 0 Å². The van der Waals surface area contributed by atoms with Crippen molar-refractivity contribution in [2.45, 2.75) is 38.6 Å². The zero-order valence-corrected chi connectivity index (χ0v) is 12.8. The Kier molecular flexibility index (Phi) is 5.87. The Morgan fingerprint density at radius 3 is 2.76 bits per heavy atom. The maximum Gasteiger partial charge on any atom is 0.319 e. The Balaban J connectivity index is 1.95. The zero-order chi connectivity index (χ0) is 15.1. The van der Waals surface area contributed by atoms with Crippen LogP contribution in [0, 0.1) is 6.92 Å². The molecule has 1 aliphatic rings. The molecule has 1 saturated carbocycles. The Bertz CT molecular complexity index is 471. The van der Waals surface area contributed by atoms with Crippen molar-refractivity contribution in [3.05, 3.63) is 23.8 Å². The lowest BCUT2D eigenvalue weighted by atomic mass is 10.2. The van der Waals surface area contributed by atoms with Crippen molar-refractivity contribution in [2.75, 3.05) is 25.6 Å². The van der Waals surface area contributed by atoms with Crippen molar-refractivity contribution in [2.24, 2.45) is 0 Å². The topological polar surface area (TPSA) is 59.6 Å². The molecule has 0 atom stereocenters. The number of nitrogens with one attached hydrogen (secondary N) is 2. The minimum Gasteiger partial charge on any atom is -0.489 e. The Hall–Kier alpha value is -1.75. The van der Waals surface area contributed by atoms with Crippen molar-refractivity contribution < 1.29 is 14.3 Å². The average molecular weight is 292 g/mol. The molecule has 0 unspecified atom stereocenters. The van der Waals surface area contributed by atoms with Gasteiger partial charge in [0.25, 0.3) is 0 Å². The summed E-state index contributed by atoms with van der Waals surface area (Å²) in [5.41, 5.74) is 1.77. The van der Waals surface area contributed by atoms with Crippen molar-refractivity contribution in [1.29, 1.82) is 0 Å².